The number of aromatic nitrogens is 2. The lowest BCUT2D eigenvalue weighted by atomic mass is 10.2. The van der Waals surface area contributed by atoms with E-state index in [0.29, 0.717) is 23.1 Å². The summed E-state index contributed by atoms with van der Waals surface area (Å²) in [6.07, 6.45) is 0.944. The van der Waals surface area contributed by atoms with Gasteiger partial charge in [0, 0.05) is 11.7 Å². The lowest BCUT2D eigenvalue weighted by molar-refractivity contribution is 0.102. The molecule has 0 aliphatic heterocycles. The van der Waals surface area contributed by atoms with Gasteiger partial charge in [-0.2, -0.15) is 0 Å². The molecule has 0 saturated carbocycles. The minimum Gasteiger partial charge on any atom is -0.495 e. The molecule has 0 fully saturated rings. The van der Waals surface area contributed by atoms with E-state index < -0.39 is 0 Å². The van der Waals surface area contributed by atoms with Crippen molar-refractivity contribution in [3.63, 3.8) is 0 Å². The number of para-hydroxylation sites is 2. The van der Waals surface area contributed by atoms with E-state index in [-0.39, 0.29) is 11.9 Å². The van der Waals surface area contributed by atoms with Crippen LogP contribution in [0.3, 0.4) is 0 Å². The fourth-order valence-electron chi connectivity index (χ4n) is 2.01. The van der Waals surface area contributed by atoms with Crippen LogP contribution in [-0.4, -0.2) is 29.0 Å². The number of nitrogens with zero attached hydrogens (tertiary/aromatic N) is 2. The van der Waals surface area contributed by atoms with Gasteiger partial charge in [0.05, 0.1) is 12.8 Å². The fourth-order valence-corrected chi connectivity index (χ4v) is 2.01. The standard InChI is InChI=1S/C17H22N4O2/c1-5-11(2)18-17-19-12(3)10-14(21-17)16(22)20-13-8-6-7-9-15(13)23-4/h6-11H,5H2,1-4H3,(H,20,22)(H,18,19,21). The van der Waals surface area contributed by atoms with E-state index in [2.05, 4.69) is 27.5 Å². The van der Waals surface area contributed by atoms with Crippen LogP contribution in [0.15, 0.2) is 30.3 Å². The van der Waals surface area contributed by atoms with Gasteiger partial charge in [-0.15, -0.1) is 0 Å². The molecule has 2 rings (SSSR count). The van der Waals surface area contributed by atoms with Crippen molar-refractivity contribution >= 4 is 17.5 Å². The average molecular weight is 314 g/mol. The first kappa shape index (κ1) is 16.7. The number of methoxy groups -OCH3 is 1. The van der Waals surface area contributed by atoms with Crippen LogP contribution in [0.25, 0.3) is 0 Å². The Balaban J connectivity index is 2.22. The minimum atomic E-state index is -0.299. The van der Waals surface area contributed by atoms with Crippen molar-refractivity contribution in [2.24, 2.45) is 0 Å². The number of carbonyl (C=O) groups excluding carboxylic acids is 1. The summed E-state index contributed by atoms with van der Waals surface area (Å²) < 4.78 is 5.24. The Labute approximate surface area is 136 Å². The monoisotopic (exact) mass is 314 g/mol. The van der Waals surface area contributed by atoms with E-state index >= 15 is 0 Å². The zero-order valence-corrected chi connectivity index (χ0v) is 13.9. The zero-order valence-electron chi connectivity index (χ0n) is 13.9. The maximum Gasteiger partial charge on any atom is 0.274 e. The molecule has 6 nitrogen and oxygen atoms in total. The molecule has 2 aromatic rings. The molecule has 0 radical (unpaired) electrons. The number of benzene rings is 1. The maximum absolute atomic E-state index is 12.5. The second-order valence-corrected chi connectivity index (χ2v) is 5.33. The lowest BCUT2D eigenvalue weighted by Gasteiger charge is -2.13. The predicted octanol–water partition coefficient (Wildman–Crippen LogP) is 3.26. The second kappa shape index (κ2) is 7.58. The molecular formula is C17H22N4O2. The third-order valence-electron chi connectivity index (χ3n) is 3.43. The van der Waals surface area contributed by atoms with Gasteiger partial charge in [-0.05, 0) is 38.5 Å². The molecule has 0 spiro atoms. The second-order valence-electron chi connectivity index (χ2n) is 5.33. The Kier molecular flexibility index (Phi) is 5.51. The van der Waals surface area contributed by atoms with Crippen molar-refractivity contribution in [3.8, 4) is 5.75 Å². The maximum atomic E-state index is 12.5. The highest BCUT2D eigenvalue weighted by molar-refractivity contribution is 6.03. The van der Waals surface area contributed by atoms with Crippen LogP contribution in [0.4, 0.5) is 11.6 Å². The number of hydrogen-bond donors (Lipinski definition) is 2. The summed E-state index contributed by atoms with van der Waals surface area (Å²) in [7, 11) is 1.56. The summed E-state index contributed by atoms with van der Waals surface area (Å²) in [5.74, 6) is 0.765. The largest absolute Gasteiger partial charge is 0.495 e. The fraction of sp³-hybridized carbons (Fsp3) is 0.353. The number of hydrogen-bond acceptors (Lipinski definition) is 5. The van der Waals surface area contributed by atoms with Crippen molar-refractivity contribution < 1.29 is 9.53 Å². The summed E-state index contributed by atoms with van der Waals surface area (Å²) in [6, 6.07) is 9.14. The van der Waals surface area contributed by atoms with Crippen LogP contribution in [0, 0.1) is 6.92 Å². The number of amides is 1. The lowest BCUT2D eigenvalue weighted by Crippen LogP contribution is -2.19. The summed E-state index contributed by atoms with van der Waals surface area (Å²) in [6.45, 7) is 5.95. The molecular weight excluding hydrogens is 292 g/mol. The van der Waals surface area contributed by atoms with Gasteiger partial charge < -0.3 is 15.4 Å². The van der Waals surface area contributed by atoms with Crippen LogP contribution in [0.1, 0.15) is 36.5 Å². The van der Waals surface area contributed by atoms with Gasteiger partial charge in [0.2, 0.25) is 5.95 Å². The highest BCUT2D eigenvalue weighted by Gasteiger charge is 2.13. The molecule has 2 N–H and O–H groups in total. The number of nitrogens with one attached hydrogen (secondary N) is 2. The van der Waals surface area contributed by atoms with Gasteiger partial charge in [0.25, 0.3) is 5.91 Å². The molecule has 0 saturated heterocycles. The molecule has 1 aromatic carbocycles. The summed E-state index contributed by atoms with van der Waals surface area (Å²) >= 11 is 0. The first-order valence-corrected chi connectivity index (χ1v) is 7.60. The van der Waals surface area contributed by atoms with Gasteiger partial charge in [-0.1, -0.05) is 19.1 Å². The predicted molar refractivity (Wildman–Crippen MR) is 91.1 cm³/mol. The SMILES string of the molecule is CCC(C)Nc1nc(C)cc(C(=O)Nc2ccccc2OC)n1. The number of ether oxygens (including phenoxy) is 1. The Bertz CT molecular complexity index is 688. The number of rotatable bonds is 6. The number of anilines is 2. The Morgan fingerprint density at radius 3 is 2.74 bits per heavy atom. The van der Waals surface area contributed by atoms with Gasteiger partial charge in [0.15, 0.2) is 0 Å². The van der Waals surface area contributed by atoms with E-state index in [0.717, 1.165) is 12.1 Å². The van der Waals surface area contributed by atoms with Crippen molar-refractivity contribution in [1.29, 1.82) is 0 Å². The van der Waals surface area contributed by atoms with Crippen molar-refractivity contribution in [2.45, 2.75) is 33.2 Å². The van der Waals surface area contributed by atoms with Crippen LogP contribution in [0.5, 0.6) is 5.75 Å². The molecule has 1 aromatic heterocycles. The number of carbonyl (C=O) groups is 1. The third kappa shape index (κ3) is 4.42. The molecule has 1 atom stereocenters. The molecule has 122 valence electrons. The van der Waals surface area contributed by atoms with Crippen molar-refractivity contribution in [3.05, 3.63) is 41.7 Å². The number of aryl methyl sites for hydroxylation is 1. The van der Waals surface area contributed by atoms with Crippen molar-refractivity contribution in [1.82, 2.24) is 9.97 Å². The summed E-state index contributed by atoms with van der Waals surface area (Å²) in [4.78, 5) is 21.1. The molecule has 6 heteroatoms. The van der Waals surface area contributed by atoms with E-state index in [1.54, 1.807) is 25.3 Å². The normalized spacial score (nSPS) is 11.7. The molecule has 1 amide bonds. The Morgan fingerprint density at radius 1 is 1.30 bits per heavy atom. The molecule has 0 aliphatic rings. The zero-order chi connectivity index (χ0) is 16.8. The van der Waals surface area contributed by atoms with E-state index in [1.165, 1.54) is 0 Å². The third-order valence-corrected chi connectivity index (χ3v) is 3.43. The topological polar surface area (TPSA) is 76.1 Å². The average Bonchev–Trinajstić information content (AvgIpc) is 2.54. The molecule has 1 unspecified atom stereocenters. The van der Waals surface area contributed by atoms with Gasteiger partial charge in [-0.25, -0.2) is 9.97 Å². The first-order chi connectivity index (χ1) is 11.0. The molecule has 0 bridgehead atoms. The van der Waals surface area contributed by atoms with Crippen LogP contribution in [0.2, 0.25) is 0 Å². The summed E-state index contributed by atoms with van der Waals surface area (Å²) in [5.41, 5.74) is 1.65. The van der Waals surface area contributed by atoms with E-state index in [1.807, 2.05) is 26.0 Å². The highest BCUT2D eigenvalue weighted by atomic mass is 16.5. The van der Waals surface area contributed by atoms with Gasteiger partial charge in [-0.3, -0.25) is 4.79 Å². The summed E-state index contributed by atoms with van der Waals surface area (Å²) in [5, 5.41) is 6.00. The van der Waals surface area contributed by atoms with Gasteiger partial charge >= 0.3 is 0 Å². The Hall–Kier alpha value is -2.63. The van der Waals surface area contributed by atoms with E-state index in [9.17, 15) is 4.79 Å². The van der Waals surface area contributed by atoms with E-state index in [4.69, 9.17) is 4.74 Å². The van der Waals surface area contributed by atoms with Crippen LogP contribution in [-0.2, 0) is 0 Å². The van der Waals surface area contributed by atoms with Gasteiger partial charge in [0.1, 0.15) is 11.4 Å². The van der Waals surface area contributed by atoms with Crippen molar-refractivity contribution in [2.75, 3.05) is 17.7 Å². The van der Waals surface area contributed by atoms with Crippen LogP contribution < -0.4 is 15.4 Å². The Morgan fingerprint density at radius 2 is 2.04 bits per heavy atom. The molecule has 0 aliphatic carbocycles. The quantitative estimate of drug-likeness (QED) is 0.856. The smallest absolute Gasteiger partial charge is 0.274 e. The van der Waals surface area contributed by atoms with Crippen LogP contribution >= 0.6 is 0 Å². The molecule has 23 heavy (non-hydrogen) atoms. The highest BCUT2D eigenvalue weighted by Crippen LogP contribution is 2.23. The molecule has 1 heterocycles. The minimum absolute atomic E-state index is 0.238. The first-order valence-electron chi connectivity index (χ1n) is 7.60.